The quantitative estimate of drug-likeness (QED) is 0.939. The van der Waals surface area contributed by atoms with Crippen LogP contribution in [0.15, 0.2) is 48.8 Å². The molecule has 0 spiro atoms. The van der Waals surface area contributed by atoms with Gasteiger partial charge < -0.3 is 14.6 Å². The second-order valence-electron chi connectivity index (χ2n) is 6.73. The molecule has 1 amide bonds. The number of hydrogen-bond donors (Lipinski definition) is 1. The van der Waals surface area contributed by atoms with Crippen LogP contribution in [0, 0.1) is 11.3 Å². The molecule has 1 aliphatic rings. The summed E-state index contributed by atoms with van der Waals surface area (Å²) in [5.74, 6) is -0.930. The number of carboxylic acids is 1. The van der Waals surface area contributed by atoms with E-state index in [2.05, 4.69) is 0 Å². The first kappa shape index (κ1) is 16.3. The monoisotopic (exact) mass is 326 g/mol. The average Bonchev–Trinajstić information content (AvgIpc) is 3.24. The van der Waals surface area contributed by atoms with Crippen LogP contribution < -0.4 is 0 Å². The van der Waals surface area contributed by atoms with Crippen molar-refractivity contribution in [3.8, 4) is 5.69 Å². The SMILES string of the molecule is CC(C)C1(C(=O)O)CCN(C(=O)c2cccc(-n3cccc3)c2)C1. The molecule has 2 heterocycles. The lowest BCUT2D eigenvalue weighted by Gasteiger charge is -2.28. The van der Waals surface area contributed by atoms with E-state index in [9.17, 15) is 14.7 Å². The molecule has 24 heavy (non-hydrogen) atoms. The maximum absolute atomic E-state index is 12.8. The first-order valence-electron chi connectivity index (χ1n) is 8.20. The summed E-state index contributed by atoms with van der Waals surface area (Å²) in [4.78, 5) is 26.2. The number of hydrogen-bond acceptors (Lipinski definition) is 2. The Morgan fingerprint density at radius 3 is 2.46 bits per heavy atom. The number of carbonyl (C=O) groups excluding carboxylic acids is 1. The Morgan fingerprint density at radius 1 is 1.17 bits per heavy atom. The molecule has 3 rings (SSSR count). The van der Waals surface area contributed by atoms with Gasteiger partial charge >= 0.3 is 5.97 Å². The Balaban J connectivity index is 1.83. The number of likely N-dealkylation sites (tertiary alicyclic amines) is 1. The number of rotatable bonds is 4. The smallest absolute Gasteiger partial charge is 0.311 e. The molecule has 0 aliphatic carbocycles. The van der Waals surface area contributed by atoms with Crippen LogP contribution >= 0.6 is 0 Å². The van der Waals surface area contributed by atoms with Gasteiger partial charge in [-0.15, -0.1) is 0 Å². The number of carboxylic acid groups (broad SMARTS) is 1. The van der Waals surface area contributed by atoms with Gasteiger partial charge in [-0.3, -0.25) is 9.59 Å². The van der Waals surface area contributed by atoms with Crippen LogP contribution in [0.2, 0.25) is 0 Å². The molecule has 5 nitrogen and oxygen atoms in total. The molecule has 1 atom stereocenters. The Morgan fingerprint density at radius 2 is 1.88 bits per heavy atom. The van der Waals surface area contributed by atoms with Gasteiger partial charge in [0, 0.05) is 36.7 Å². The van der Waals surface area contributed by atoms with E-state index in [0.717, 1.165) is 5.69 Å². The predicted molar refractivity (Wildman–Crippen MR) is 91.2 cm³/mol. The summed E-state index contributed by atoms with van der Waals surface area (Å²) in [7, 11) is 0. The van der Waals surface area contributed by atoms with Crippen molar-refractivity contribution in [3.63, 3.8) is 0 Å². The molecule has 2 aromatic rings. The highest BCUT2D eigenvalue weighted by Crippen LogP contribution is 2.38. The molecule has 126 valence electrons. The van der Waals surface area contributed by atoms with E-state index >= 15 is 0 Å². The third-order valence-electron chi connectivity index (χ3n) is 5.11. The number of benzene rings is 1. The summed E-state index contributed by atoms with van der Waals surface area (Å²) in [5, 5.41) is 9.63. The Labute approximate surface area is 141 Å². The van der Waals surface area contributed by atoms with Crippen LogP contribution in [0.5, 0.6) is 0 Å². The van der Waals surface area contributed by atoms with E-state index in [1.54, 1.807) is 11.0 Å². The van der Waals surface area contributed by atoms with Crippen LogP contribution in [0.4, 0.5) is 0 Å². The zero-order valence-electron chi connectivity index (χ0n) is 14.0. The first-order chi connectivity index (χ1) is 11.4. The van der Waals surface area contributed by atoms with Crippen molar-refractivity contribution in [3.05, 3.63) is 54.4 Å². The van der Waals surface area contributed by atoms with Gasteiger partial charge in [0.2, 0.25) is 0 Å². The van der Waals surface area contributed by atoms with Crippen LogP contribution in [0.25, 0.3) is 5.69 Å². The molecule has 1 N–H and O–H groups in total. The minimum Gasteiger partial charge on any atom is -0.481 e. The van der Waals surface area contributed by atoms with Crippen LogP contribution in [0.3, 0.4) is 0 Å². The second-order valence-corrected chi connectivity index (χ2v) is 6.73. The third-order valence-corrected chi connectivity index (χ3v) is 5.11. The van der Waals surface area contributed by atoms with E-state index in [-0.39, 0.29) is 18.4 Å². The zero-order chi connectivity index (χ0) is 17.3. The average molecular weight is 326 g/mol. The Bertz CT molecular complexity index is 752. The third kappa shape index (κ3) is 2.70. The molecule has 1 unspecified atom stereocenters. The number of aromatic nitrogens is 1. The van der Waals surface area contributed by atoms with Gasteiger partial charge in [0.25, 0.3) is 5.91 Å². The molecular weight excluding hydrogens is 304 g/mol. The van der Waals surface area contributed by atoms with E-state index in [4.69, 9.17) is 0 Å². The second kappa shape index (κ2) is 6.15. The Kier molecular flexibility index (Phi) is 4.18. The van der Waals surface area contributed by atoms with Gasteiger partial charge in [0.05, 0.1) is 5.41 Å². The molecule has 0 saturated carbocycles. The molecule has 1 saturated heterocycles. The van der Waals surface area contributed by atoms with Gasteiger partial charge in [-0.05, 0) is 42.7 Å². The highest BCUT2D eigenvalue weighted by Gasteiger charge is 2.48. The fourth-order valence-electron chi connectivity index (χ4n) is 3.39. The van der Waals surface area contributed by atoms with Gasteiger partial charge in [-0.25, -0.2) is 0 Å². The zero-order valence-corrected chi connectivity index (χ0v) is 14.0. The topological polar surface area (TPSA) is 62.5 Å². The normalized spacial score (nSPS) is 20.5. The van der Waals surface area contributed by atoms with Crippen molar-refractivity contribution >= 4 is 11.9 Å². The lowest BCUT2D eigenvalue weighted by molar-refractivity contribution is -0.150. The highest BCUT2D eigenvalue weighted by atomic mass is 16.4. The summed E-state index contributed by atoms with van der Waals surface area (Å²) in [6.45, 7) is 4.58. The molecule has 1 aromatic carbocycles. The summed E-state index contributed by atoms with van der Waals surface area (Å²) in [5.41, 5.74) is 0.665. The summed E-state index contributed by atoms with van der Waals surface area (Å²) < 4.78 is 1.94. The molecule has 1 aliphatic heterocycles. The first-order valence-corrected chi connectivity index (χ1v) is 8.20. The maximum atomic E-state index is 12.8. The standard InChI is InChI=1S/C19H22N2O3/c1-14(2)19(18(23)24)8-11-21(13-19)17(22)15-6-5-7-16(12-15)20-9-3-4-10-20/h3-7,9-10,12,14H,8,11,13H2,1-2H3,(H,23,24). The van der Waals surface area contributed by atoms with Crippen molar-refractivity contribution in [2.75, 3.05) is 13.1 Å². The van der Waals surface area contributed by atoms with Crippen molar-refractivity contribution in [1.82, 2.24) is 9.47 Å². The van der Waals surface area contributed by atoms with Gasteiger partial charge in [-0.1, -0.05) is 19.9 Å². The molecular formula is C19H22N2O3. The number of amides is 1. The highest BCUT2D eigenvalue weighted by molar-refractivity contribution is 5.95. The minimum absolute atomic E-state index is 0.0148. The van der Waals surface area contributed by atoms with Crippen LogP contribution in [-0.2, 0) is 4.79 Å². The van der Waals surface area contributed by atoms with Crippen LogP contribution in [-0.4, -0.2) is 39.5 Å². The van der Waals surface area contributed by atoms with Gasteiger partial charge in [0.15, 0.2) is 0 Å². The number of carbonyl (C=O) groups is 2. The fourth-order valence-corrected chi connectivity index (χ4v) is 3.39. The molecule has 0 radical (unpaired) electrons. The number of aliphatic carboxylic acids is 1. The van der Waals surface area contributed by atoms with Gasteiger partial charge in [0.1, 0.15) is 0 Å². The Hall–Kier alpha value is -2.56. The van der Waals surface area contributed by atoms with Crippen molar-refractivity contribution in [2.24, 2.45) is 11.3 Å². The molecule has 5 heteroatoms. The van der Waals surface area contributed by atoms with Crippen molar-refractivity contribution in [1.29, 1.82) is 0 Å². The van der Waals surface area contributed by atoms with Crippen molar-refractivity contribution < 1.29 is 14.7 Å². The maximum Gasteiger partial charge on any atom is 0.311 e. The summed E-state index contributed by atoms with van der Waals surface area (Å²) in [6.07, 6.45) is 4.35. The summed E-state index contributed by atoms with van der Waals surface area (Å²) >= 11 is 0. The lowest BCUT2D eigenvalue weighted by atomic mass is 9.76. The molecule has 1 aromatic heterocycles. The van der Waals surface area contributed by atoms with E-state index in [1.165, 1.54) is 0 Å². The minimum atomic E-state index is -0.840. The number of nitrogens with zero attached hydrogens (tertiary/aromatic N) is 2. The van der Waals surface area contributed by atoms with E-state index < -0.39 is 11.4 Å². The van der Waals surface area contributed by atoms with Crippen LogP contribution in [0.1, 0.15) is 30.6 Å². The lowest BCUT2D eigenvalue weighted by Crippen LogP contribution is -2.40. The van der Waals surface area contributed by atoms with Crippen molar-refractivity contribution in [2.45, 2.75) is 20.3 Å². The van der Waals surface area contributed by atoms with E-state index in [1.807, 2.05) is 61.1 Å². The van der Waals surface area contributed by atoms with Gasteiger partial charge in [-0.2, -0.15) is 0 Å². The molecule has 1 fully saturated rings. The summed E-state index contributed by atoms with van der Waals surface area (Å²) in [6, 6.07) is 11.3. The fraction of sp³-hybridized carbons (Fsp3) is 0.368. The van der Waals surface area contributed by atoms with E-state index in [0.29, 0.717) is 18.5 Å². The molecule has 0 bridgehead atoms. The largest absolute Gasteiger partial charge is 0.481 e. The predicted octanol–water partition coefficient (Wildman–Crippen LogP) is 3.05.